The number of aliphatic hydroxyl groups excluding tert-OH is 2. The van der Waals surface area contributed by atoms with Gasteiger partial charge in [0.15, 0.2) is 0 Å². The molecule has 0 bridgehead atoms. The van der Waals surface area contributed by atoms with Gasteiger partial charge < -0.3 is 10.2 Å². The summed E-state index contributed by atoms with van der Waals surface area (Å²) in [6, 6.07) is 2.10. The maximum atomic E-state index is 9.68. The van der Waals surface area contributed by atoms with E-state index in [4.69, 9.17) is 0 Å². The van der Waals surface area contributed by atoms with Gasteiger partial charge in [-0.05, 0) is 47.6 Å². The normalized spacial score (nSPS) is 18.1. The number of hydrogen-bond donors (Lipinski definition) is 2. The van der Waals surface area contributed by atoms with Crippen molar-refractivity contribution in [1.29, 1.82) is 0 Å². The van der Waals surface area contributed by atoms with Crippen molar-refractivity contribution in [3.05, 3.63) is 22.4 Å². The van der Waals surface area contributed by atoms with E-state index in [1.807, 2.05) is 0 Å². The van der Waals surface area contributed by atoms with Gasteiger partial charge in [-0.15, -0.1) is 0 Å². The van der Waals surface area contributed by atoms with Gasteiger partial charge in [-0.2, -0.15) is 11.3 Å². The topological polar surface area (TPSA) is 40.5 Å². The average molecular weight is 240 g/mol. The van der Waals surface area contributed by atoms with E-state index in [9.17, 15) is 10.2 Å². The van der Waals surface area contributed by atoms with Crippen LogP contribution >= 0.6 is 11.3 Å². The maximum absolute atomic E-state index is 9.68. The van der Waals surface area contributed by atoms with Crippen LogP contribution < -0.4 is 0 Å². The van der Waals surface area contributed by atoms with E-state index in [2.05, 4.69) is 16.8 Å². The Hall–Kier alpha value is -0.380. The summed E-state index contributed by atoms with van der Waals surface area (Å²) in [6.45, 7) is 0.202. The van der Waals surface area contributed by atoms with Crippen LogP contribution in [0.4, 0.5) is 0 Å². The molecule has 0 aromatic carbocycles. The van der Waals surface area contributed by atoms with E-state index in [0.29, 0.717) is 5.92 Å². The highest BCUT2D eigenvalue weighted by molar-refractivity contribution is 7.07. The minimum Gasteiger partial charge on any atom is -0.396 e. The molecule has 0 spiro atoms. The minimum absolute atomic E-state index is 0.101. The Morgan fingerprint density at radius 2 is 1.94 bits per heavy atom. The Bertz CT molecular complexity index is 298. The van der Waals surface area contributed by atoms with Crippen LogP contribution in [0.1, 0.15) is 31.2 Å². The van der Waals surface area contributed by atoms with Crippen molar-refractivity contribution >= 4 is 11.3 Å². The van der Waals surface area contributed by atoms with E-state index in [0.717, 1.165) is 19.3 Å². The summed E-state index contributed by atoms with van der Waals surface area (Å²) in [7, 11) is 0. The third-order valence-corrected chi connectivity index (χ3v) is 4.72. The van der Waals surface area contributed by atoms with Crippen molar-refractivity contribution in [3.8, 4) is 0 Å². The van der Waals surface area contributed by atoms with Gasteiger partial charge >= 0.3 is 0 Å². The Morgan fingerprint density at radius 1 is 1.25 bits per heavy atom. The molecule has 16 heavy (non-hydrogen) atoms. The molecule has 2 rings (SSSR count). The quantitative estimate of drug-likeness (QED) is 0.830. The zero-order valence-electron chi connectivity index (χ0n) is 9.56. The third-order valence-electron chi connectivity index (χ3n) is 3.99. The molecular weight excluding hydrogens is 220 g/mol. The van der Waals surface area contributed by atoms with Crippen LogP contribution in [0.5, 0.6) is 0 Å². The predicted molar refractivity (Wildman–Crippen MR) is 66.6 cm³/mol. The van der Waals surface area contributed by atoms with E-state index in [1.54, 1.807) is 11.3 Å². The van der Waals surface area contributed by atoms with E-state index >= 15 is 0 Å². The van der Waals surface area contributed by atoms with Crippen LogP contribution in [-0.2, 0) is 6.42 Å². The first-order valence-corrected chi connectivity index (χ1v) is 6.98. The Morgan fingerprint density at radius 3 is 2.44 bits per heavy atom. The standard InChI is InChI=1S/C13H20O2S/c14-9-13(10-15,12-3-1-2-4-12)7-11-5-6-16-8-11/h5-6,8,12,14-15H,1-4,7,9-10H2. The summed E-state index contributed by atoms with van der Waals surface area (Å²) >= 11 is 1.68. The van der Waals surface area contributed by atoms with Crippen molar-refractivity contribution in [2.24, 2.45) is 11.3 Å². The highest BCUT2D eigenvalue weighted by atomic mass is 32.1. The van der Waals surface area contributed by atoms with E-state index in [-0.39, 0.29) is 18.6 Å². The molecule has 3 heteroatoms. The van der Waals surface area contributed by atoms with Gasteiger partial charge in [0.2, 0.25) is 0 Å². The van der Waals surface area contributed by atoms with Gasteiger partial charge in [0, 0.05) is 5.41 Å². The Kier molecular flexibility index (Phi) is 4.00. The van der Waals surface area contributed by atoms with Crippen LogP contribution in [0.2, 0.25) is 0 Å². The average Bonchev–Trinajstić information content (AvgIpc) is 2.99. The summed E-state index contributed by atoms with van der Waals surface area (Å²) in [5.41, 5.74) is 0.956. The zero-order valence-corrected chi connectivity index (χ0v) is 10.4. The summed E-state index contributed by atoms with van der Waals surface area (Å²) < 4.78 is 0. The summed E-state index contributed by atoms with van der Waals surface area (Å²) in [6.07, 6.45) is 5.62. The van der Waals surface area contributed by atoms with Crippen LogP contribution in [0.25, 0.3) is 0 Å². The molecule has 0 aliphatic heterocycles. The van der Waals surface area contributed by atoms with Crippen LogP contribution in [-0.4, -0.2) is 23.4 Å². The second-order valence-corrected chi connectivity index (χ2v) is 5.75. The fraction of sp³-hybridized carbons (Fsp3) is 0.692. The maximum Gasteiger partial charge on any atom is 0.0515 e. The van der Waals surface area contributed by atoms with E-state index in [1.165, 1.54) is 18.4 Å². The first-order chi connectivity index (χ1) is 7.80. The largest absolute Gasteiger partial charge is 0.396 e. The Balaban J connectivity index is 2.13. The molecule has 1 aliphatic carbocycles. The zero-order chi connectivity index (χ0) is 11.4. The van der Waals surface area contributed by atoms with Crippen molar-refractivity contribution in [1.82, 2.24) is 0 Å². The number of rotatable bonds is 5. The number of thiophene rings is 1. The highest BCUT2D eigenvalue weighted by Gasteiger charge is 2.39. The van der Waals surface area contributed by atoms with Gasteiger partial charge in [0.05, 0.1) is 13.2 Å². The lowest BCUT2D eigenvalue weighted by molar-refractivity contribution is 0.00578. The molecule has 90 valence electrons. The summed E-state index contributed by atoms with van der Waals surface area (Å²) in [5, 5.41) is 23.5. The Labute approximate surface area is 101 Å². The number of hydrogen-bond acceptors (Lipinski definition) is 3. The first kappa shape index (κ1) is 12.1. The highest BCUT2D eigenvalue weighted by Crippen LogP contribution is 2.42. The second-order valence-electron chi connectivity index (χ2n) is 4.97. The monoisotopic (exact) mass is 240 g/mol. The fourth-order valence-corrected chi connectivity index (χ4v) is 3.57. The van der Waals surface area contributed by atoms with Gasteiger partial charge in [0.1, 0.15) is 0 Å². The lowest BCUT2D eigenvalue weighted by Gasteiger charge is -2.35. The molecule has 0 atom stereocenters. The summed E-state index contributed by atoms with van der Waals surface area (Å²) in [5.74, 6) is 0.488. The number of aliphatic hydroxyl groups is 2. The molecule has 0 radical (unpaired) electrons. The van der Waals surface area contributed by atoms with Crippen molar-refractivity contribution in [2.45, 2.75) is 32.1 Å². The first-order valence-electron chi connectivity index (χ1n) is 6.03. The van der Waals surface area contributed by atoms with Gasteiger partial charge in [-0.3, -0.25) is 0 Å². The molecule has 0 amide bonds. The lowest BCUT2D eigenvalue weighted by Crippen LogP contribution is -2.39. The molecule has 1 fully saturated rings. The smallest absolute Gasteiger partial charge is 0.0515 e. The molecule has 1 aromatic rings. The molecule has 0 saturated heterocycles. The molecule has 1 aromatic heterocycles. The van der Waals surface area contributed by atoms with Crippen molar-refractivity contribution < 1.29 is 10.2 Å². The van der Waals surface area contributed by atoms with Crippen LogP contribution in [0.15, 0.2) is 16.8 Å². The molecule has 1 aliphatic rings. The van der Waals surface area contributed by atoms with Crippen LogP contribution in [0.3, 0.4) is 0 Å². The molecule has 1 heterocycles. The molecule has 2 N–H and O–H groups in total. The van der Waals surface area contributed by atoms with Gasteiger partial charge in [0.25, 0.3) is 0 Å². The van der Waals surface area contributed by atoms with Crippen LogP contribution in [0, 0.1) is 11.3 Å². The minimum atomic E-state index is -0.294. The van der Waals surface area contributed by atoms with Crippen molar-refractivity contribution in [3.63, 3.8) is 0 Å². The van der Waals surface area contributed by atoms with Gasteiger partial charge in [-0.25, -0.2) is 0 Å². The molecular formula is C13H20O2S. The fourth-order valence-electron chi connectivity index (χ4n) is 2.90. The van der Waals surface area contributed by atoms with E-state index < -0.39 is 0 Å². The SMILES string of the molecule is OCC(CO)(Cc1ccsc1)C1CCCC1. The molecule has 1 saturated carbocycles. The molecule has 2 nitrogen and oxygen atoms in total. The van der Waals surface area contributed by atoms with Crippen molar-refractivity contribution in [2.75, 3.05) is 13.2 Å². The predicted octanol–water partition coefficient (Wildman–Crippen LogP) is 2.45. The summed E-state index contributed by atoms with van der Waals surface area (Å²) in [4.78, 5) is 0. The second kappa shape index (κ2) is 5.30. The lowest BCUT2D eigenvalue weighted by atomic mass is 9.72. The van der Waals surface area contributed by atoms with Gasteiger partial charge in [-0.1, -0.05) is 12.8 Å². The molecule has 0 unspecified atom stereocenters. The third kappa shape index (κ3) is 2.31.